The number of methoxy groups -OCH3 is 1. The van der Waals surface area contributed by atoms with Gasteiger partial charge in [-0.25, -0.2) is 18.0 Å². The Hall–Kier alpha value is -3.13. The van der Waals surface area contributed by atoms with Crippen molar-refractivity contribution in [1.82, 2.24) is 10.6 Å². The Kier molecular flexibility index (Phi) is 6.26. The van der Waals surface area contributed by atoms with Gasteiger partial charge in [0.25, 0.3) is 0 Å². The lowest BCUT2D eigenvalue weighted by atomic mass is 9.96. The third-order valence-electron chi connectivity index (χ3n) is 4.93. The lowest BCUT2D eigenvalue weighted by Gasteiger charge is -2.29. The van der Waals surface area contributed by atoms with Gasteiger partial charge in [0, 0.05) is 5.70 Å². The summed E-state index contributed by atoms with van der Waals surface area (Å²) in [5, 5.41) is 5.16. The van der Waals surface area contributed by atoms with Crippen LogP contribution in [-0.2, 0) is 19.4 Å². The molecule has 1 aliphatic rings. The van der Waals surface area contributed by atoms with Crippen LogP contribution < -0.4 is 10.6 Å². The molecule has 2 N–H and O–H groups in total. The van der Waals surface area contributed by atoms with Crippen molar-refractivity contribution in [3.05, 3.63) is 77.0 Å². The van der Waals surface area contributed by atoms with Crippen molar-refractivity contribution in [3.63, 3.8) is 0 Å². The van der Waals surface area contributed by atoms with Crippen LogP contribution in [0.25, 0.3) is 0 Å². The number of sulfone groups is 1. The van der Waals surface area contributed by atoms with Crippen molar-refractivity contribution >= 4 is 21.8 Å². The van der Waals surface area contributed by atoms with E-state index in [-0.39, 0.29) is 22.1 Å². The predicted octanol–water partition coefficient (Wildman–Crippen LogP) is 3.06. The van der Waals surface area contributed by atoms with Crippen molar-refractivity contribution < 1.29 is 22.7 Å². The molecule has 0 radical (unpaired) electrons. The molecular weight excluding hydrogens is 404 g/mol. The molecule has 3 rings (SSSR count). The second-order valence-corrected chi connectivity index (χ2v) is 9.30. The maximum Gasteiger partial charge on any atom is 0.338 e. The quantitative estimate of drug-likeness (QED) is 0.689. The first kappa shape index (κ1) is 21.6. The third kappa shape index (κ3) is 4.54. The molecule has 158 valence electrons. The van der Waals surface area contributed by atoms with E-state index in [4.69, 9.17) is 4.74 Å². The number of esters is 1. The zero-order chi connectivity index (χ0) is 21.9. The van der Waals surface area contributed by atoms with Crippen molar-refractivity contribution in [1.29, 1.82) is 0 Å². The Labute approximate surface area is 176 Å². The highest BCUT2D eigenvalue weighted by Crippen LogP contribution is 2.29. The van der Waals surface area contributed by atoms with Crippen molar-refractivity contribution in [2.75, 3.05) is 12.9 Å². The number of carbonyl (C=O) groups excluding carboxylic acids is 2. The molecule has 1 aliphatic heterocycles. The van der Waals surface area contributed by atoms with Gasteiger partial charge < -0.3 is 15.4 Å². The van der Waals surface area contributed by atoms with Crippen molar-refractivity contribution in [2.24, 2.45) is 0 Å². The number of nitrogens with one attached hydrogen (secondary N) is 2. The molecular formula is C22H24N2O5S. The number of hydrogen-bond acceptors (Lipinski definition) is 5. The van der Waals surface area contributed by atoms with Gasteiger partial charge in [-0.2, -0.15) is 0 Å². The van der Waals surface area contributed by atoms with E-state index in [1.54, 1.807) is 54.6 Å². The molecule has 0 fully saturated rings. The fourth-order valence-corrected chi connectivity index (χ4v) is 4.64. The SMILES string of the molecule is COC(=O)C1=C(CS(=O)(=O)c2ccc(C(C)C)cc2)NC(=O)N[C@@H]1c1ccccc1. The highest BCUT2D eigenvalue weighted by atomic mass is 32.2. The van der Waals surface area contributed by atoms with E-state index in [9.17, 15) is 18.0 Å². The summed E-state index contributed by atoms with van der Waals surface area (Å²) in [5.74, 6) is -0.975. The number of benzene rings is 2. The van der Waals surface area contributed by atoms with E-state index in [0.29, 0.717) is 5.56 Å². The largest absolute Gasteiger partial charge is 0.466 e. The fourth-order valence-electron chi connectivity index (χ4n) is 3.31. The molecule has 0 unspecified atom stereocenters. The van der Waals surface area contributed by atoms with E-state index < -0.39 is 33.6 Å². The minimum atomic E-state index is -3.81. The minimum Gasteiger partial charge on any atom is -0.466 e. The first-order valence-electron chi connectivity index (χ1n) is 9.49. The molecule has 7 nitrogen and oxygen atoms in total. The summed E-state index contributed by atoms with van der Waals surface area (Å²) in [6.45, 7) is 4.04. The number of carbonyl (C=O) groups is 2. The van der Waals surface area contributed by atoms with Crippen LogP contribution in [0.5, 0.6) is 0 Å². The standard InChI is InChI=1S/C22H24N2O5S/c1-14(2)15-9-11-17(12-10-15)30(27,28)13-18-19(21(25)29-3)20(24-22(26)23-18)16-7-5-4-6-8-16/h4-12,14,20H,13H2,1-3H3,(H2,23,24,26)/t20-/m1/s1. The lowest BCUT2D eigenvalue weighted by Crippen LogP contribution is -2.47. The molecule has 0 spiro atoms. The Morgan fingerprint density at radius 2 is 1.70 bits per heavy atom. The molecule has 2 aromatic rings. The van der Waals surface area contributed by atoms with E-state index in [0.717, 1.165) is 5.56 Å². The van der Waals surface area contributed by atoms with Crippen LogP contribution in [0.1, 0.15) is 36.9 Å². The predicted molar refractivity (Wildman–Crippen MR) is 112 cm³/mol. The van der Waals surface area contributed by atoms with Gasteiger partial charge in [-0.3, -0.25) is 0 Å². The highest BCUT2D eigenvalue weighted by molar-refractivity contribution is 7.91. The molecule has 8 heteroatoms. The van der Waals surface area contributed by atoms with Crippen LogP contribution in [0.3, 0.4) is 0 Å². The second kappa shape index (κ2) is 8.71. The molecule has 0 aliphatic carbocycles. The van der Waals surface area contributed by atoms with Crippen molar-refractivity contribution in [2.45, 2.75) is 30.7 Å². The summed E-state index contributed by atoms with van der Waals surface area (Å²) in [6, 6.07) is 14.0. The molecule has 0 aromatic heterocycles. The van der Waals surface area contributed by atoms with Crippen LogP contribution in [-0.4, -0.2) is 33.3 Å². The lowest BCUT2D eigenvalue weighted by molar-refractivity contribution is -0.136. The third-order valence-corrected chi connectivity index (χ3v) is 6.59. The van der Waals surface area contributed by atoms with E-state index in [1.807, 2.05) is 13.8 Å². The normalized spacial score (nSPS) is 16.8. The van der Waals surface area contributed by atoms with Gasteiger partial charge in [-0.15, -0.1) is 0 Å². The van der Waals surface area contributed by atoms with Crippen molar-refractivity contribution in [3.8, 4) is 0 Å². The summed E-state index contributed by atoms with van der Waals surface area (Å²) in [4.78, 5) is 24.9. The fraction of sp³-hybridized carbons (Fsp3) is 0.273. The average Bonchev–Trinajstić information content (AvgIpc) is 2.73. The van der Waals surface area contributed by atoms with Gasteiger partial charge in [0.1, 0.15) is 0 Å². The number of ether oxygens (including phenoxy) is 1. The summed E-state index contributed by atoms with van der Waals surface area (Å²) in [6.07, 6.45) is 0. The second-order valence-electron chi connectivity index (χ2n) is 7.31. The van der Waals surface area contributed by atoms with Crippen LogP contribution in [0.15, 0.2) is 70.8 Å². The molecule has 1 heterocycles. The molecule has 1 atom stereocenters. The first-order valence-corrected chi connectivity index (χ1v) is 11.1. The van der Waals surface area contributed by atoms with E-state index >= 15 is 0 Å². The molecule has 0 bridgehead atoms. The molecule has 30 heavy (non-hydrogen) atoms. The number of urea groups is 1. The van der Waals surface area contributed by atoms with Gasteiger partial charge in [0.15, 0.2) is 9.84 Å². The van der Waals surface area contributed by atoms with Gasteiger partial charge in [-0.05, 0) is 29.2 Å². The van der Waals surface area contributed by atoms with Gasteiger partial charge in [0.05, 0.1) is 29.4 Å². The van der Waals surface area contributed by atoms with Gasteiger partial charge in [0.2, 0.25) is 0 Å². The molecule has 2 aromatic carbocycles. The number of rotatable bonds is 6. The summed E-state index contributed by atoms with van der Waals surface area (Å²) < 4.78 is 30.9. The molecule has 0 saturated heterocycles. The maximum absolute atomic E-state index is 13.0. The summed E-state index contributed by atoms with van der Waals surface area (Å²) in [7, 11) is -2.60. The smallest absolute Gasteiger partial charge is 0.338 e. The first-order chi connectivity index (χ1) is 14.2. The average molecular weight is 429 g/mol. The molecule has 0 saturated carbocycles. The van der Waals surface area contributed by atoms with Gasteiger partial charge >= 0.3 is 12.0 Å². The van der Waals surface area contributed by atoms with Crippen LogP contribution in [0, 0.1) is 0 Å². The van der Waals surface area contributed by atoms with E-state index in [1.165, 1.54) is 7.11 Å². The zero-order valence-electron chi connectivity index (χ0n) is 17.0. The Morgan fingerprint density at radius 3 is 2.27 bits per heavy atom. The van der Waals surface area contributed by atoms with Crippen LogP contribution in [0.2, 0.25) is 0 Å². The molecule has 2 amide bonds. The van der Waals surface area contributed by atoms with E-state index in [2.05, 4.69) is 10.6 Å². The number of amides is 2. The number of hydrogen-bond donors (Lipinski definition) is 2. The zero-order valence-corrected chi connectivity index (χ0v) is 17.8. The van der Waals surface area contributed by atoms with Crippen LogP contribution >= 0.6 is 0 Å². The monoisotopic (exact) mass is 428 g/mol. The topological polar surface area (TPSA) is 102 Å². The van der Waals surface area contributed by atoms with Crippen LogP contribution in [0.4, 0.5) is 4.79 Å². The summed E-state index contributed by atoms with van der Waals surface area (Å²) >= 11 is 0. The van der Waals surface area contributed by atoms with Gasteiger partial charge in [-0.1, -0.05) is 56.3 Å². The Bertz CT molecular complexity index is 1070. The summed E-state index contributed by atoms with van der Waals surface area (Å²) in [5.41, 5.74) is 1.73. The Morgan fingerprint density at radius 1 is 1.07 bits per heavy atom. The minimum absolute atomic E-state index is 0.00684. The Balaban J connectivity index is 2.04. The maximum atomic E-state index is 13.0. The highest BCUT2D eigenvalue weighted by Gasteiger charge is 2.35.